The number of carboxylic acids is 1. The highest BCUT2D eigenvalue weighted by atomic mass is 16.5. The van der Waals surface area contributed by atoms with E-state index in [0.717, 1.165) is 19.4 Å². The predicted molar refractivity (Wildman–Crippen MR) is 83.4 cm³/mol. The summed E-state index contributed by atoms with van der Waals surface area (Å²) in [7, 11) is 0. The highest BCUT2D eigenvalue weighted by molar-refractivity contribution is 5.75. The SMILES string of the molecule is CC(C)CCOCCC1(C(=O)O)CCc2ccccc2C1. The van der Waals surface area contributed by atoms with E-state index in [2.05, 4.69) is 26.0 Å². The molecule has 1 aromatic rings. The van der Waals surface area contributed by atoms with Crippen molar-refractivity contribution in [3.05, 3.63) is 35.4 Å². The lowest BCUT2D eigenvalue weighted by Gasteiger charge is -2.34. The zero-order chi connectivity index (χ0) is 15.3. The monoisotopic (exact) mass is 290 g/mol. The Morgan fingerprint density at radius 1 is 1.29 bits per heavy atom. The van der Waals surface area contributed by atoms with Crippen LogP contribution in [0.15, 0.2) is 24.3 Å². The van der Waals surface area contributed by atoms with Gasteiger partial charge in [0.1, 0.15) is 0 Å². The van der Waals surface area contributed by atoms with Crippen LogP contribution in [0.4, 0.5) is 0 Å². The summed E-state index contributed by atoms with van der Waals surface area (Å²) >= 11 is 0. The first kappa shape index (κ1) is 16.0. The fraction of sp³-hybridized carbons (Fsp3) is 0.611. The molecule has 1 aliphatic carbocycles. The highest BCUT2D eigenvalue weighted by Gasteiger charge is 2.40. The van der Waals surface area contributed by atoms with E-state index in [9.17, 15) is 9.90 Å². The van der Waals surface area contributed by atoms with Crippen LogP contribution in [0.5, 0.6) is 0 Å². The molecule has 3 heteroatoms. The van der Waals surface area contributed by atoms with Gasteiger partial charge in [0.15, 0.2) is 0 Å². The van der Waals surface area contributed by atoms with Gasteiger partial charge >= 0.3 is 5.97 Å². The van der Waals surface area contributed by atoms with Crippen molar-refractivity contribution in [1.29, 1.82) is 0 Å². The topological polar surface area (TPSA) is 46.5 Å². The van der Waals surface area contributed by atoms with Crippen molar-refractivity contribution in [2.75, 3.05) is 13.2 Å². The number of carboxylic acid groups (broad SMARTS) is 1. The summed E-state index contributed by atoms with van der Waals surface area (Å²) in [5.74, 6) is -0.0514. The number of rotatable bonds is 7. The Bertz CT molecular complexity index is 481. The molecule has 0 saturated heterocycles. The van der Waals surface area contributed by atoms with Gasteiger partial charge in [0.05, 0.1) is 5.41 Å². The van der Waals surface area contributed by atoms with E-state index >= 15 is 0 Å². The average Bonchev–Trinajstić information content (AvgIpc) is 2.46. The molecule has 2 rings (SSSR count). The molecular weight excluding hydrogens is 264 g/mol. The summed E-state index contributed by atoms with van der Waals surface area (Å²) in [6.07, 6.45) is 3.84. The molecule has 1 aliphatic rings. The molecule has 0 heterocycles. The van der Waals surface area contributed by atoms with Crippen molar-refractivity contribution < 1.29 is 14.6 Å². The second-order valence-corrected chi connectivity index (χ2v) is 6.58. The Hall–Kier alpha value is -1.35. The second kappa shape index (κ2) is 7.08. The zero-order valence-corrected chi connectivity index (χ0v) is 13.1. The van der Waals surface area contributed by atoms with Gasteiger partial charge in [-0.1, -0.05) is 38.1 Å². The molecule has 21 heavy (non-hydrogen) atoms. The lowest BCUT2D eigenvalue weighted by atomic mass is 9.70. The molecule has 0 fully saturated rings. The number of benzene rings is 1. The Kier molecular flexibility index (Phi) is 5.40. The molecule has 0 aromatic heterocycles. The fourth-order valence-corrected chi connectivity index (χ4v) is 2.99. The summed E-state index contributed by atoms with van der Waals surface area (Å²) in [6.45, 7) is 5.60. The number of hydrogen-bond acceptors (Lipinski definition) is 2. The summed E-state index contributed by atoms with van der Waals surface area (Å²) in [5, 5.41) is 9.70. The van der Waals surface area contributed by atoms with Gasteiger partial charge in [0.2, 0.25) is 0 Å². The van der Waals surface area contributed by atoms with Gasteiger partial charge in [0.25, 0.3) is 0 Å². The smallest absolute Gasteiger partial charge is 0.310 e. The summed E-state index contributed by atoms with van der Waals surface area (Å²) in [5.41, 5.74) is 1.84. The van der Waals surface area contributed by atoms with Crippen LogP contribution >= 0.6 is 0 Å². The maximum Gasteiger partial charge on any atom is 0.310 e. The predicted octanol–water partition coefficient (Wildman–Crippen LogP) is 3.70. The number of aryl methyl sites for hydroxylation is 1. The van der Waals surface area contributed by atoms with Crippen LogP contribution in [0, 0.1) is 11.3 Å². The lowest BCUT2D eigenvalue weighted by molar-refractivity contribution is -0.151. The van der Waals surface area contributed by atoms with Gasteiger partial charge < -0.3 is 9.84 Å². The largest absolute Gasteiger partial charge is 0.481 e. The van der Waals surface area contributed by atoms with Crippen LogP contribution in [0.25, 0.3) is 0 Å². The summed E-state index contributed by atoms with van der Waals surface area (Å²) in [6, 6.07) is 8.20. The molecule has 3 nitrogen and oxygen atoms in total. The number of fused-ring (bicyclic) bond motifs is 1. The quantitative estimate of drug-likeness (QED) is 0.779. The Morgan fingerprint density at radius 2 is 2.00 bits per heavy atom. The van der Waals surface area contributed by atoms with Crippen LogP contribution in [-0.4, -0.2) is 24.3 Å². The lowest BCUT2D eigenvalue weighted by Crippen LogP contribution is -2.38. The van der Waals surface area contributed by atoms with E-state index in [-0.39, 0.29) is 0 Å². The van der Waals surface area contributed by atoms with E-state index < -0.39 is 11.4 Å². The molecular formula is C18H26O3. The van der Waals surface area contributed by atoms with Crippen LogP contribution in [0.2, 0.25) is 0 Å². The van der Waals surface area contributed by atoms with Crippen molar-refractivity contribution in [3.63, 3.8) is 0 Å². The normalized spacial score (nSPS) is 21.3. The molecule has 1 aromatic carbocycles. The molecule has 0 amide bonds. The number of hydrogen-bond donors (Lipinski definition) is 1. The average molecular weight is 290 g/mol. The first-order valence-electron chi connectivity index (χ1n) is 7.91. The zero-order valence-electron chi connectivity index (χ0n) is 13.1. The fourth-order valence-electron chi connectivity index (χ4n) is 2.99. The minimum atomic E-state index is -0.676. The van der Waals surface area contributed by atoms with Gasteiger partial charge in [-0.05, 0) is 49.1 Å². The molecule has 0 aliphatic heterocycles. The highest BCUT2D eigenvalue weighted by Crippen LogP contribution is 2.38. The van der Waals surface area contributed by atoms with Crippen molar-refractivity contribution >= 4 is 5.97 Å². The third-order valence-corrected chi connectivity index (χ3v) is 4.54. The Morgan fingerprint density at radius 3 is 2.67 bits per heavy atom. The minimum Gasteiger partial charge on any atom is -0.481 e. The summed E-state index contributed by atoms with van der Waals surface area (Å²) in [4.78, 5) is 11.8. The van der Waals surface area contributed by atoms with Gasteiger partial charge in [-0.15, -0.1) is 0 Å². The van der Waals surface area contributed by atoms with Crippen LogP contribution in [0.1, 0.15) is 44.2 Å². The van der Waals surface area contributed by atoms with E-state index in [1.54, 1.807) is 0 Å². The van der Waals surface area contributed by atoms with Crippen LogP contribution in [-0.2, 0) is 22.4 Å². The molecule has 1 N–H and O–H groups in total. The van der Waals surface area contributed by atoms with Crippen LogP contribution in [0.3, 0.4) is 0 Å². The van der Waals surface area contributed by atoms with Crippen molar-refractivity contribution in [2.45, 2.75) is 46.0 Å². The van der Waals surface area contributed by atoms with Gasteiger partial charge in [0, 0.05) is 13.2 Å². The van der Waals surface area contributed by atoms with Gasteiger partial charge in [-0.3, -0.25) is 4.79 Å². The molecule has 0 radical (unpaired) electrons. The number of carbonyl (C=O) groups is 1. The Labute approximate surface area is 127 Å². The first-order valence-corrected chi connectivity index (χ1v) is 7.91. The maximum atomic E-state index is 11.8. The second-order valence-electron chi connectivity index (χ2n) is 6.58. The van der Waals surface area contributed by atoms with E-state index in [0.29, 0.717) is 31.8 Å². The molecule has 0 bridgehead atoms. The number of aliphatic carboxylic acids is 1. The number of ether oxygens (including phenoxy) is 1. The third kappa shape index (κ3) is 4.07. The van der Waals surface area contributed by atoms with E-state index in [1.807, 2.05) is 12.1 Å². The molecule has 0 spiro atoms. The molecule has 116 valence electrons. The first-order chi connectivity index (χ1) is 10.0. The minimum absolute atomic E-state index is 0.543. The van der Waals surface area contributed by atoms with E-state index in [1.165, 1.54) is 11.1 Å². The molecule has 1 unspecified atom stereocenters. The van der Waals surface area contributed by atoms with Crippen molar-refractivity contribution in [2.24, 2.45) is 11.3 Å². The van der Waals surface area contributed by atoms with Gasteiger partial charge in [-0.25, -0.2) is 0 Å². The molecule has 1 atom stereocenters. The molecule has 0 saturated carbocycles. The maximum absolute atomic E-state index is 11.8. The van der Waals surface area contributed by atoms with Crippen LogP contribution < -0.4 is 0 Å². The van der Waals surface area contributed by atoms with Crippen molar-refractivity contribution in [1.82, 2.24) is 0 Å². The summed E-state index contributed by atoms with van der Waals surface area (Å²) < 4.78 is 5.65. The van der Waals surface area contributed by atoms with Crippen molar-refractivity contribution in [3.8, 4) is 0 Å². The standard InChI is InChI=1S/C18H26O3/c1-14(2)8-11-21-12-10-18(17(19)20)9-7-15-5-3-4-6-16(15)13-18/h3-6,14H,7-13H2,1-2H3,(H,19,20). The van der Waals surface area contributed by atoms with E-state index in [4.69, 9.17) is 4.74 Å². The Balaban J connectivity index is 1.95. The third-order valence-electron chi connectivity index (χ3n) is 4.54. The van der Waals surface area contributed by atoms with Gasteiger partial charge in [-0.2, -0.15) is 0 Å².